The van der Waals surface area contributed by atoms with E-state index in [1.54, 1.807) is 0 Å². The van der Waals surface area contributed by atoms with Crippen LogP contribution in [-0.4, -0.2) is 34.0 Å². The Morgan fingerprint density at radius 2 is 1.89 bits per heavy atom. The minimum absolute atomic E-state index is 0.305. The fraction of sp³-hybridized carbons (Fsp3) is 0.933. The van der Waals surface area contributed by atoms with Crippen LogP contribution in [0.4, 0.5) is 0 Å². The van der Waals surface area contributed by atoms with Crippen LogP contribution in [0.3, 0.4) is 0 Å². The Hall–Kier alpha value is -0.610. The Morgan fingerprint density at radius 3 is 2.47 bits per heavy atom. The Kier molecular flexibility index (Phi) is 3.69. The van der Waals surface area contributed by atoms with E-state index in [9.17, 15) is 15.0 Å². The highest BCUT2D eigenvalue weighted by Gasteiger charge is 2.62. The van der Waals surface area contributed by atoms with E-state index in [1.807, 2.05) is 0 Å². The highest BCUT2D eigenvalue weighted by atomic mass is 16.6. The first-order valence-corrected chi connectivity index (χ1v) is 7.30. The maximum Gasteiger partial charge on any atom is 0.302 e. The number of carbonyl (C=O) groups is 1. The van der Waals surface area contributed by atoms with Crippen molar-refractivity contribution in [2.45, 2.75) is 71.2 Å². The van der Waals surface area contributed by atoms with Gasteiger partial charge in [-0.05, 0) is 37.5 Å². The first kappa shape index (κ1) is 14.8. The molecule has 110 valence electrons. The van der Waals surface area contributed by atoms with Crippen LogP contribution < -0.4 is 0 Å². The summed E-state index contributed by atoms with van der Waals surface area (Å²) in [5.41, 5.74) is -1.45. The minimum Gasteiger partial charge on any atom is -0.460 e. The smallest absolute Gasteiger partial charge is 0.302 e. The van der Waals surface area contributed by atoms with Gasteiger partial charge in [0.15, 0.2) is 0 Å². The third kappa shape index (κ3) is 2.09. The fourth-order valence-corrected chi connectivity index (χ4v) is 4.18. The first-order valence-electron chi connectivity index (χ1n) is 7.30. The minimum atomic E-state index is -1.14. The fourth-order valence-electron chi connectivity index (χ4n) is 4.18. The van der Waals surface area contributed by atoms with Crippen LogP contribution in [0.15, 0.2) is 0 Å². The van der Waals surface area contributed by atoms with Gasteiger partial charge in [0.2, 0.25) is 0 Å². The monoisotopic (exact) mass is 270 g/mol. The molecular formula is C15H26O4. The van der Waals surface area contributed by atoms with Gasteiger partial charge in [-0.3, -0.25) is 4.79 Å². The average Bonchev–Trinajstić information content (AvgIpc) is 2.34. The predicted octanol–water partition coefficient (Wildman–Crippen LogP) is 1.88. The molecule has 0 aliphatic heterocycles. The van der Waals surface area contributed by atoms with Crippen molar-refractivity contribution >= 4 is 5.97 Å². The van der Waals surface area contributed by atoms with E-state index in [4.69, 9.17) is 4.74 Å². The molecule has 2 aliphatic carbocycles. The number of hydrogen-bond donors (Lipinski definition) is 2. The molecule has 4 nitrogen and oxygen atoms in total. The summed E-state index contributed by atoms with van der Waals surface area (Å²) in [6.07, 6.45) is 1.33. The first-order chi connectivity index (χ1) is 8.72. The number of esters is 1. The van der Waals surface area contributed by atoms with E-state index >= 15 is 0 Å². The van der Waals surface area contributed by atoms with Gasteiger partial charge in [-0.1, -0.05) is 20.8 Å². The van der Waals surface area contributed by atoms with Gasteiger partial charge in [0.05, 0.1) is 5.60 Å². The van der Waals surface area contributed by atoms with Crippen molar-refractivity contribution in [2.75, 3.05) is 0 Å². The van der Waals surface area contributed by atoms with Crippen LogP contribution in [0, 0.1) is 17.3 Å². The van der Waals surface area contributed by atoms with Gasteiger partial charge in [0, 0.05) is 12.3 Å². The number of fused-ring (bicyclic) bond motifs is 1. The number of hydrogen-bond acceptors (Lipinski definition) is 4. The molecule has 2 saturated carbocycles. The molecule has 2 N–H and O–H groups in total. The molecule has 6 atom stereocenters. The van der Waals surface area contributed by atoms with Gasteiger partial charge in [-0.25, -0.2) is 0 Å². The zero-order valence-corrected chi connectivity index (χ0v) is 12.3. The number of aliphatic hydroxyl groups excluding tert-OH is 1. The van der Waals surface area contributed by atoms with E-state index in [0.717, 1.165) is 12.8 Å². The molecule has 2 fully saturated rings. The van der Waals surface area contributed by atoms with Gasteiger partial charge in [0.1, 0.15) is 12.2 Å². The van der Waals surface area contributed by atoms with Gasteiger partial charge in [0.25, 0.3) is 0 Å². The third-order valence-corrected chi connectivity index (χ3v) is 5.94. The summed E-state index contributed by atoms with van der Waals surface area (Å²) in [6, 6.07) is 0. The van der Waals surface area contributed by atoms with Crippen LogP contribution in [0.25, 0.3) is 0 Å². The van der Waals surface area contributed by atoms with Crippen molar-refractivity contribution in [1.82, 2.24) is 0 Å². The van der Waals surface area contributed by atoms with Crippen LogP contribution in [0.2, 0.25) is 0 Å². The largest absolute Gasteiger partial charge is 0.460 e. The summed E-state index contributed by atoms with van der Waals surface area (Å²) in [5, 5.41) is 21.6. The highest BCUT2D eigenvalue weighted by molar-refractivity contribution is 5.66. The molecule has 0 aromatic heterocycles. The molecule has 0 bridgehead atoms. The maximum absolute atomic E-state index is 11.1. The summed E-state index contributed by atoms with van der Waals surface area (Å²) < 4.78 is 5.18. The van der Waals surface area contributed by atoms with Crippen LogP contribution in [-0.2, 0) is 9.53 Å². The lowest BCUT2D eigenvalue weighted by Gasteiger charge is -2.60. The van der Waals surface area contributed by atoms with E-state index in [2.05, 4.69) is 20.8 Å². The zero-order valence-electron chi connectivity index (χ0n) is 12.3. The normalized spacial score (nSPS) is 50.4. The zero-order chi connectivity index (χ0) is 14.4. The van der Waals surface area contributed by atoms with Gasteiger partial charge >= 0.3 is 5.97 Å². The molecule has 2 aliphatic rings. The Labute approximate surface area is 115 Å². The molecule has 0 spiro atoms. The lowest BCUT2D eigenvalue weighted by atomic mass is 9.49. The maximum atomic E-state index is 11.1. The van der Waals surface area contributed by atoms with Crippen LogP contribution in [0.1, 0.15) is 53.4 Å². The topological polar surface area (TPSA) is 66.8 Å². The van der Waals surface area contributed by atoms with E-state index in [0.29, 0.717) is 24.7 Å². The number of aliphatic hydroxyl groups is 2. The number of rotatable bonds is 1. The lowest BCUT2D eigenvalue weighted by Crippen LogP contribution is -2.67. The Balaban J connectivity index is 2.28. The molecule has 4 heteroatoms. The SMILES string of the molecule is CC(=O)O[C@@H]1CC[C@]2(C)[C@H](C)[C@H](C)CC[C@@]2(O)[C@H]1O. The second-order valence-electron chi connectivity index (χ2n) is 6.78. The van der Waals surface area contributed by atoms with Crippen molar-refractivity contribution in [2.24, 2.45) is 17.3 Å². The van der Waals surface area contributed by atoms with Gasteiger partial charge in [-0.15, -0.1) is 0 Å². The lowest BCUT2D eigenvalue weighted by molar-refractivity contribution is -0.255. The van der Waals surface area contributed by atoms with Crippen molar-refractivity contribution in [3.05, 3.63) is 0 Å². The predicted molar refractivity (Wildman–Crippen MR) is 71.4 cm³/mol. The van der Waals surface area contributed by atoms with Gasteiger partial charge < -0.3 is 14.9 Å². The standard InChI is InChI=1S/C15H26O4/c1-9-5-8-15(18)13(17)12(19-11(3)16)6-7-14(15,4)10(9)2/h9-10,12-13,17-18H,5-8H2,1-4H3/t9-,10-,12-,13+,14-,15-/m1/s1. The van der Waals surface area contributed by atoms with Crippen molar-refractivity contribution in [3.8, 4) is 0 Å². The average molecular weight is 270 g/mol. The second kappa shape index (κ2) is 4.74. The van der Waals surface area contributed by atoms with E-state index in [-0.39, 0.29) is 5.41 Å². The molecule has 19 heavy (non-hydrogen) atoms. The molecule has 0 unspecified atom stereocenters. The summed E-state index contributed by atoms with van der Waals surface area (Å²) >= 11 is 0. The molecule has 0 radical (unpaired) electrons. The summed E-state index contributed by atoms with van der Waals surface area (Å²) in [6.45, 7) is 7.78. The van der Waals surface area contributed by atoms with Crippen molar-refractivity contribution in [3.63, 3.8) is 0 Å². The number of ether oxygens (including phenoxy) is 1. The molecule has 0 aromatic rings. The quantitative estimate of drug-likeness (QED) is 0.714. The van der Waals surface area contributed by atoms with E-state index < -0.39 is 23.8 Å². The molecular weight excluding hydrogens is 244 g/mol. The second-order valence-corrected chi connectivity index (χ2v) is 6.78. The number of carbonyl (C=O) groups excluding carboxylic acids is 1. The third-order valence-electron chi connectivity index (χ3n) is 5.94. The Morgan fingerprint density at radius 1 is 1.26 bits per heavy atom. The van der Waals surface area contributed by atoms with Crippen LogP contribution in [0.5, 0.6) is 0 Å². The summed E-state index contributed by atoms with van der Waals surface area (Å²) in [7, 11) is 0. The van der Waals surface area contributed by atoms with Gasteiger partial charge in [-0.2, -0.15) is 0 Å². The molecule has 0 aromatic carbocycles. The molecule has 0 amide bonds. The summed E-state index contributed by atoms with van der Waals surface area (Å²) in [5.74, 6) is 0.496. The summed E-state index contributed by atoms with van der Waals surface area (Å²) in [4.78, 5) is 11.1. The molecule has 2 rings (SSSR count). The Bertz CT molecular complexity index is 369. The van der Waals surface area contributed by atoms with Crippen molar-refractivity contribution in [1.29, 1.82) is 0 Å². The van der Waals surface area contributed by atoms with Crippen molar-refractivity contribution < 1.29 is 19.7 Å². The molecule has 0 heterocycles. The molecule has 0 saturated heterocycles. The van der Waals surface area contributed by atoms with E-state index in [1.165, 1.54) is 6.92 Å². The highest BCUT2D eigenvalue weighted by Crippen LogP contribution is 2.57. The van der Waals surface area contributed by atoms with Crippen LogP contribution >= 0.6 is 0 Å².